The molecule has 0 atom stereocenters. The minimum Gasteiger partial charge on any atom is -0.339 e. The average molecular weight is 335 g/mol. The molecule has 6 nitrogen and oxygen atoms in total. The number of H-pyrrole nitrogens is 1. The lowest BCUT2D eigenvalue weighted by Crippen LogP contribution is -2.11. The van der Waals surface area contributed by atoms with Gasteiger partial charge in [0.1, 0.15) is 5.82 Å². The van der Waals surface area contributed by atoms with Gasteiger partial charge in [-0.1, -0.05) is 43.8 Å². The van der Waals surface area contributed by atoms with Gasteiger partial charge >= 0.3 is 0 Å². The Morgan fingerprint density at radius 2 is 2.18 bits per heavy atom. The first-order chi connectivity index (χ1) is 10.5. The van der Waals surface area contributed by atoms with Gasteiger partial charge in [-0.3, -0.25) is 5.10 Å². The summed E-state index contributed by atoms with van der Waals surface area (Å²) in [6, 6.07) is 4.13. The molecule has 3 heterocycles. The Labute approximate surface area is 136 Å². The second-order valence-corrected chi connectivity index (χ2v) is 7.85. The van der Waals surface area contributed by atoms with Crippen molar-refractivity contribution < 1.29 is 4.52 Å². The molecule has 0 bridgehead atoms. The predicted octanol–water partition coefficient (Wildman–Crippen LogP) is 3.43. The molecule has 3 aromatic heterocycles. The summed E-state index contributed by atoms with van der Waals surface area (Å²) in [7, 11) is 0. The van der Waals surface area contributed by atoms with Gasteiger partial charge in [-0.15, -0.1) is 16.4 Å². The summed E-state index contributed by atoms with van der Waals surface area (Å²) in [5.41, 5.74) is -0.131. The van der Waals surface area contributed by atoms with Crippen molar-refractivity contribution in [1.29, 1.82) is 0 Å². The van der Waals surface area contributed by atoms with Crippen molar-refractivity contribution in [2.75, 3.05) is 0 Å². The van der Waals surface area contributed by atoms with Crippen molar-refractivity contribution in [2.24, 2.45) is 0 Å². The molecule has 0 saturated carbocycles. The first-order valence-electron chi connectivity index (χ1n) is 6.90. The summed E-state index contributed by atoms with van der Waals surface area (Å²) in [5.74, 6) is 2.78. The van der Waals surface area contributed by atoms with Crippen LogP contribution in [0.15, 0.2) is 27.2 Å². The summed E-state index contributed by atoms with van der Waals surface area (Å²) < 4.78 is 5.27. The van der Waals surface area contributed by atoms with Crippen LogP contribution in [0.1, 0.15) is 43.2 Å². The maximum absolute atomic E-state index is 5.27. The van der Waals surface area contributed by atoms with Crippen LogP contribution in [0, 0.1) is 0 Å². The Bertz CT molecular complexity index is 727. The van der Waals surface area contributed by atoms with Gasteiger partial charge in [0.15, 0.2) is 5.82 Å². The number of nitrogens with zero attached hydrogens (tertiary/aromatic N) is 4. The molecule has 0 aliphatic heterocycles. The zero-order chi connectivity index (χ0) is 15.6. The third-order valence-corrected chi connectivity index (χ3v) is 4.59. The maximum Gasteiger partial charge on any atom is 0.232 e. The van der Waals surface area contributed by atoms with Crippen LogP contribution >= 0.6 is 23.1 Å². The molecule has 8 heteroatoms. The summed E-state index contributed by atoms with van der Waals surface area (Å²) in [4.78, 5) is 10.1. The fraction of sp³-hybridized carbons (Fsp3) is 0.429. The zero-order valence-corrected chi connectivity index (χ0v) is 14.3. The van der Waals surface area contributed by atoms with Gasteiger partial charge in [0.2, 0.25) is 11.0 Å². The molecule has 0 unspecified atom stereocenters. The first kappa shape index (κ1) is 15.2. The zero-order valence-electron chi connectivity index (χ0n) is 12.7. The molecule has 22 heavy (non-hydrogen) atoms. The molecular formula is C14H17N5OS2. The van der Waals surface area contributed by atoms with Gasteiger partial charge in [0.05, 0.1) is 5.75 Å². The van der Waals surface area contributed by atoms with Crippen LogP contribution < -0.4 is 0 Å². The van der Waals surface area contributed by atoms with E-state index < -0.39 is 0 Å². The largest absolute Gasteiger partial charge is 0.339 e. The van der Waals surface area contributed by atoms with E-state index in [1.807, 2.05) is 26.8 Å². The van der Waals surface area contributed by atoms with Crippen molar-refractivity contribution >= 4 is 23.1 Å². The van der Waals surface area contributed by atoms with Gasteiger partial charge in [-0.25, -0.2) is 4.98 Å². The SMILES string of the molecule is CC(C)(C)c1nc(CSc2n[nH]c(Cc3cccs3)n2)no1. The van der Waals surface area contributed by atoms with E-state index in [1.54, 1.807) is 11.3 Å². The smallest absolute Gasteiger partial charge is 0.232 e. The highest BCUT2D eigenvalue weighted by Crippen LogP contribution is 2.23. The third kappa shape index (κ3) is 3.75. The molecule has 116 valence electrons. The molecule has 0 aromatic carbocycles. The molecule has 3 rings (SSSR count). The number of thioether (sulfide) groups is 1. The molecule has 0 fully saturated rings. The quantitative estimate of drug-likeness (QED) is 0.720. The molecule has 0 radical (unpaired) electrons. The lowest BCUT2D eigenvalue weighted by molar-refractivity contribution is 0.319. The van der Waals surface area contributed by atoms with Crippen molar-refractivity contribution in [3.8, 4) is 0 Å². The number of hydrogen-bond acceptors (Lipinski definition) is 7. The lowest BCUT2D eigenvalue weighted by Gasteiger charge is -2.10. The number of rotatable bonds is 5. The second kappa shape index (κ2) is 6.21. The van der Waals surface area contributed by atoms with Gasteiger partial charge in [0.25, 0.3) is 0 Å². The second-order valence-electron chi connectivity index (χ2n) is 5.88. The number of hydrogen-bond donors (Lipinski definition) is 1. The highest BCUT2D eigenvalue weighted by molar-refractivity contribution is 7.98. The van der Waals surface area contributed by atoms with Crippen molar-refractivity contribution in [3.63, 3.8) is 0 Å². The van der Waals surface area contributed by atoms with Crippen molar-refractivity contribution in [1.82, 2.24) is 25.3 Å². The van der Waals surface area contributed by atoms with Gasteiger partial charge in [-0.05, 0) is 11.4 Å². The normalized spacial score (nSPS) is 12.0. The van der Waals surface area contributed by atoms with E-state index in [1.165, 1.54) is 16.6 Å². The Balaban J connectivity index is 1.58. The van der Waals surface area contributed by atoms with Crippen LogP contribution in [-0.4, -0.2) is 25.3 Å². The first-order valence-corrected chi connectivity index (χ1v) is 8.77. The van der Waals surface area contributed by atoms with Crippen LogP contribution in [0.2, 0.25) is 0 Å². The summed E-state index contributed by atoms with van der Waals surface area (Å²) >= 11 is 3.21. The van der Waals surface area contributed by atoms with Gasteiger partial charge < -0.3 is 4.52 Å². The molecule has 0 amide bonds. The number of aromatic nitrogens is 5. The molecule has 1 N–H and O–H groups in total. The summed E-state index contributed by atoms with van der Waals surface area (Å²) in [5, 5.41) is 13.9. The van der Waals surface area contributed by atoms with Crippen LogP contribution in [0.4, 0.5) is 0 Å². The fourth-order valence-corrected chi connectivity index (χ4v) is 3.12. The van der Waals surface area contributed by atoms with E-state index in [0.717, 1.165) is 12.2 Å². The Hall–Kier alpha value is -1.67. The fourth-order valence-electron chi connectivity index (χ4n) is 1.75. The number of nitrogens with one attached hydrogen (secondary N) is 1. The molecule has 3 aromatic rings. The van der Waals surface area contributed by atoms with Crippen LogP contribution in [0.25, 0.3) is 0 Å². The van der Waals surface area contributed by atoms with Crippen LogP contribution in [0.5, 0.6) is 0 Å². The van der Waals surface area contributed by atoms with Crippen molar-refractivity contribution in [3.05, 3.63) is 39.9 Å². The van der Waals surface area contributed by atoms with Gasteiger partial charge in [0, 0.05) is 16.7 Å². The Morgan fingerprint density at radius 3 is 2.86 bits per heavy atom. The van der Waals surface area contributed by atoms with Gasteiger partial charge in [-0.2, -0.15) is 4.98 Å². The highest BCUT2D eigenvalue weighted by Gasteiger charge is 2.21. The third-order valence-electron chi connectivity index (χ3n) is 2.87. The molecule has 0 saturated heterocycles. The van der Waals surface area contributed by atoms with Crippen molar-refractivity contribution in [2.45, 2.75) is 43.5 Å². The summed E-state index contributed by atoms with van der Waals surface area (Å²) in [6.45, 7) is 6.14. The lowest BCUT2D eigenvalue weighted by atomic mass is 9.97. The highest BCUT2D eigenvalue weighted by atomic mass is 32.2. The molecule has 0 aliphatic rings. The van der Waals surface area contributed by atoms with Crippen LogP contribution in [0.3, 0.4) is 0 Å². The van der Waals surface area contributed by atoms with E-state index in [2.05, 4.69) is 36.8 Å². The standard InChI is InChI=1S/C14H17N5OS2/c1-14(2,3)12-15-11(19-20-12)8-22-13-16-10(17-18-13)7-9-5-4-6-21-9/h4-6H,7-8H2,1-3H3,(H,16,17,18). The minimum atomic E-state index is -0.131. The Kier molecular flexibility index (Phi) is 4.30. The molecular weight excluding hydrogens is 318 g/mol. The monoisotopic (exact) mass is 335 g/mol. The number of aromatic amines is 1. The maximum atomic E-state index is 5.27. The average Bonchev–Trinajstić information content (AvgIpc) is 3.17. The molecule has 0 aliphatic carbocycles. The predicted molar refractivity (Wildman–Crippen MR) is 86.1 cm³/mol. The number of thiophene rings is 1. The van der Waals surface area contributed by atoms with E-state index in [9.17, 15) is 0 Å². The van der Waals surface area contributed by atoms with E-state index >= 15 is 0 Å². The minimum absolute atomic E-state index is 0.131. The topological polar surface area (TPSA) is 80.5 Å². The summed E-state index contributed by atoms with van der Waals surface area (Å²) in [6.07, 6.45) is 0.779. The van der Waals surface area contributed by atoms with E-state index in [-0.39, 0.29) is 5.41 Å². The molecule has 0 spiro atoms. The Morgan fingerprint density at radius 1 is 1.32 bits per heavy atom. The van der Waals surface area contributed by atoms with Crippen LogP contribution in [-0.2, 0) is 17.6 Å². The van der Waals surface area contributed by atoms with E-state index in [0.29, 0.717) is 22.6 Å². The van der Waals surface area contributed by atoms with E-state index in [4.69, 9.17) is 4.52 Å².